The number of carbonyl (C=O) groups is 1. The Labute approximate surface area is 101 Å². The number of hydrogen-bond acceptors (Lipinski definition) is 4. The molecule has 1 aromatic carbocycles. The molecule has 4 heteroatoms. The summed E-state index contributed by atoms with van der Waals surface area (Å²) >= 11 is 0. The van der Waals surface area contributed by atoms with Crippen molar-refractivity contribution in [3.05, 3.63) is 34.4 Å². The number of ether oxygens (including phenoxy) is 1. The molecule has 0 aliphatic rings. The molecule has 0 bridgehead atoms. The maximum Gasteiger partial charge on any atom is 0.338 e. The van der Waals surface area contributed by atoms with Crippen molar-refractivity contribution in [3.63, 3.8) is 0 Å². The Kier molecular flexibility index (Phi) is 4.68. The number of esters is 1. The maximum atomic E-state index is 11.7. The van der Waals surface area contributed by atoms with Gasteiger partial charge in [-0.3, -0.25) is 0 Å². The molecule has 0 fully saturated rings. The van der Waals surface area contributed by atoms with E-state index in [2.05, 4.69) is 6.07 Å². The van der Waals surface area contributed by atoms with Gasteiger partial charge in [0.25, 0.3) is 0 Å². The van der Waals surface area contributed by atoms with E-state index >= 15 is 0 Å². The third-order valence-electron chi connectivity index (χ3n) is 2.60. The predicted molar refractivity (Wildman–Crippen MR) is 64.4 cm³/mol. The summed E-state index contributed by atoms with van der Waals surface area (Å²) in [6.07, 6.45) is 0.669. The van der Waals surface area contributed by atoms with E-state index in [9.17, 15) is 4.79 Å². The van der Waals surface area contributed by atoms with Gasteiger partial charge in [0, 0.05) is 6.54 Å². The van der Waals surface area contributed by atoms with Crippen LogP contribution in [0.3, 0.4) is 0 Å². The first kappa shape index (κ1) is 13.2. The molecule has 0 aliphatic heterocycles. The Bertz CT molecular complexity index is 461. The number of nitrogens with two attached hydrogens (primary N) is 1. The van der Waals surface area contributed by atoms with Crippen molar-refractivity contribution in [2.75, 3.05) is 6.61 Å². The fourth-order valence-corrected chi connectivity index (χ4v) is 1.83. The summed E-state index contributed by atoms with van der Waals surface area (Å²) in [6, 6.07) is 5.36. The molecular formula is C13H16N2O2. The number of benzene rings is 1. The smallest absolute Gasteiger partial charge is 0.338 e. The van der Waals surface area contributed by atoms with Gasteiger partial charge in [-0.25, -0.2) is 4.79 Å². The van der Waals surface area contributed by atoms with E-state index in [1.54, 1.807) is 19.1 Å². The van der Waals surface area contributed by atoms with Crippen LogP contribution in [-0.4, -0.2) is 12.6 Å². The van der Waals surface area contributed by atoms with E-state index in [0.29, 0.717) is 29.7 Å². The molecule has 1 rings (SSSR count). The molecule has 90 valence electrons. The van der Waals surface area contributed by atoms with Crippen LogP contribution in [0.15, 0.2) is 12.1 Å². The lowest BCUT2D eigenvalue weighted by atomic mass is 9.94. The molecule has 0 heterocycles. The zero-order valence-corrected chi connectivity index (χ0v) is 10.1. The first-order valence-electron chi connectivity index (χ1n) is 5.61. The van der Waals surface area contributed by atoms with Crippen molar-refractivity contribution in [1.82, 2.24) is 0 Å². The van der Waals surface area contributed by atoms with Gasteiger partial charge in [-0.05, 0) is 36.6 Å². The summed E-state index contributed by atoms with van der Waals surface area (Å²) in [5, 5.41) is 9.00. The molecule has 0 atom stereocenters. The zero-order chi connectivity index (χ0) is 12.8. The van der Waals surface area contributed by atoms with Crippen molar-refractivity contribution >= 4 is 5.97 Å². The van der Waals surface area contributed by atoms with Crippen LogP contribution in [-0.2, 0) is 17.7 Å². The van der Waals surface area contributed by atoms with Gasteiger partial charge in [-0.2, -0.15) is 5.26 Å². The Morgan fingerprint density at radius 2 is 2.12 bits per heavy atom. The van der Waals surface area contributed by atoms with Crippen LogP contribution in [0.1, 0.15) is 40.9 Å². The second kappa shape index (κ2) is 6.02. The lowest BCUT2D eigenvalue weighted by molar-refractivity contribution is 0.0525. The van der Waals surface area contributed by atoms with E-state index in [1.165, 1.54) is 0 Å². The predicted octanol–water partition coefficient (Wildman–Crippen LogP) is 1.76. The average Bonchev–Trinajstić information content (AvgIpc) is 2.36. The highest BCUT2D eigenvalue weighted by atomic mass is 16.5. The highest BCUT2D eigenvalue weighted by Gasteiger charge is 2.16. The summed E-state index contributed by atoms with van der Waals surface area (Å²) in [5.41, 5.74) is 8.25. The van der Waals surface area contributed by atoms with Gasteiger partial charge in [0.1, 0.15) is 0 Å². The van der Waals surface area contributed by atoms with Crippen molar-refractivity contribution < 1.29 is 9.53 Å². The van der Waals surface area contributed by atoms with Gasteiger partial charge in [-0.15, -0.1) is 0 Å². The minimum Gasteiger partial charge on any atom is -0.462 e. The number of hydrogen-bond donors (Lipinski definition) is 1. The Balaban J connectivity index is 3.34. The number of rotatable bonds is 4. The van der Waals surface area contributed by atoms with Crippen LogP contribution in [0.4, 0.5) is 0 Å². The lowest BCUT2D eigenvalue weighted by Crippen LogP contribution is -2.14. The van der Waals surface area contributed by atoms with Gasteiger partial charge >= 0.3 is 5.97 Å². The Morgan fingerprint density at radius 3 is 2.59 bits per heavy atom. The van der Waals surface area contributed by atoms with Crippen molar-refractivity contribution in [3.8, 4) is 6.07 Å². The number of nitrogens with zero attached hydrogens (tertiary/aromatic N) is 1. The third-order valence-corrected chi connectivity index (χ3v) is 2.60. The first-order chi connectivity index (χ1) is 8.19. The van der Waals surface area contributed by atoms with Crippen LogP contribution >= 0.6 is 0 Å². The highest BCUT2D eigenvalue weighted by Crippen LogP contribution is 2.20. The monoisotopic (exact) mass is 232 g/mol. The molecule has 0 saturated heterocycles. The zero-order valence-electron chi connectivity index (χ0n) is 10.1. The first-order valence-corrected chi connectivity index (χ1v) is 5.61. The van der Waals surface area contributed by atoms with Crippen LogP contribution in [0, 0.1) is 11.3 Å². The summed E-state index contributed by atoms with van der Waals surface area (Å²) in [6.45, 7) is 4.24. The average molecular weight is 232 g/mol. The van der Waals surface area contributed by atoms with Crippen LogP contribution in [0.2, 0.25) is 0 Å². The van der Waals surface area contributed by atoms with Gasteiger partial charge in [0.05, 0.1) is 23.8 Å². The molecule has 1 aromatic rings. The van der Waals surface area contributed by atoms with Crippen LogP contribution < -0.4 is 5.73 Å². The summed E-state index contributed by atoms with van der Waals surface area (Å²) in [5.74, 6) is -0.382. The van der Waals surface area contributed by atoms with Crippen LogP contribution in [0.25, 0.3) is 0 Å². The number of nitriles is 1. The maximum absolute atomic E-state index is 11.7. The molecule has 0 aliphatic carbocycles. The van der Waals surface area contributed by atoms with E-state index in [4.69, 9.17) is 15.7 Å². The minimum atomic E-state index is -0.382. The fourth-order valence-electron chi connectivity index (χ4n) is 1.83. The minimum absolute atomic E-state index is 0.229. The highest BCUT2D eigenvalue weighted by molar-refractivity contribution is 5.91. The molecular weight excluding hydrogens is 216 g/mol. The van der Waals surface area contributed by atoms with Gasteiger partial charge in [0.2, 0.25) is 0 Å². The largest absolute Gasteiger partial charge is 0.462 e. The van der Waals surface area contributed by atoms with Crippen molar-refractivity contribution in [2.45, 2.75) is 26.8 Å². The topological polar surface area (TPSA) is 76.1 Å². The molecule has 0 radical (unpaired) electrons. The van der Waals surface area contributed by atoms with Crippen molar-refractivity contribution in [1.29, 1.82) is 5.26 Å². The second-order valence-corrected chi connectivity index (χ2v) is 3.51. The Morgan fingerprint density at radius 1 is 1.41 bits per heavy atom. The molecule has 2 N–H and O–H groups in total. The molecule has 0 aromatic heterocycles. The van der Waals surface area contributed by atoms with Gasteiger partial charge < -0.3 is 10.5 Å². The molecule has 0 amide bonds. The summed E-state index contributed by atoms with van der Waals surface area (Å²) < 4.78 is 4.97. The van der Waals surface area contributed by atoms with Gasteiger partial charge in [-0.1, -0.05) is 6.92 Å². The van der Waals surface area contributed by atoms with E-state index in [-0.39, 0.29) is 12.5 Å². The van der Waals surface area contributed by atoms with E-state index in [1.807, 2.05) is 6.92 Å². The van der Waals surface area contributed by atoms with Crippen molar-refractivity contribution in [2.24, 2.45) is 5.73 Å². The third kappa shape index (κ3) is 2.63. The summed E-state index contributed by atoms with van der Waals surface area (Å²) in [7, 11) is 0. The normalized spacial score (nSPS) is 9.76. The molecule has 0 saturated carbocycles. The quantitative estimate of drug-likeness (QED) is 0.802. The van der Waals surface area contributed by atoms with Gasteiger partial charge in [0.15, 0.2) is 0 Å². The standard InChI is InChI=1S/C13H16N2O2/c1-3-10-9(7-14)5-6-11(12(10)8-15)13(16)17-4-2/h5-6H,3-4,8,15H2,1-2H3. The molecule has 0 unspecified atom stereocenters. The molecule has 4 nitrogen and oxygen atoms in total. The lowest BCUT2D eigenvalue weighted by Gasteiger charge is -2.12. The Hall–Kier alpha value is -1.86. The van der Waals surface area contributed by atoms with Crippen LogP contribution in [0.5, 0.6) is 0 Å². The summed E-state index contributed by atoms with van der Waals surface area (Å²) in [4.78, 5) is 11.7. The van der Waals surface area contributed by atoms with E-state index in [0.717, 1.165) is 5.56 Å². The number of carbonyl (C=O) groups excluding carboxylic acids is 1. The molecule has 0 spiro atoms. The molecule has 17 heavy (non-hydrogen) atoms. The van der Waals surface area contributed by atoms with E-state index < -0.39 is 0 Å². The second-order valence-electron chi connectivity index (χ2n) is 3.51. The fraction of sp³-hybridized carbons (Fsp3) is 0.385. The SMILES string of the molecule is CCOC(=O)c1ccc(C#N)c(CC)c1CN.